The molecule has 0 amide bonds. The Kier molecular flexibility index (Phi) is 4.81. The smallest absolute Gasteiger partial charge is 0.0112 e. The predicted molar refractivity (Wildman–Crippen MR) is 71.5 cm³/mol. The van der Waals surface area contributed by atoms with E-state index in [1.807, 2.05) is 0 Å². The molecular weight excluding hydrogens is 196 g/mol. The Labute approximate surface area is 102 Å². The molecule has 1 aliphatic carbocycles. The van der Waals surface area contributed by atoms with Gasteiger partial charge in [0.05, 0.1) is 0 Å². The van der Waals surface area contributed by atoms with Crippen molar-refractivity contribution in [2.24, 2.45) is 17.1 Å². The summed E-state index contributed by atoms with van der Waals surface area (Å²) in [6, 6.07) is 1.10. The monoisotopic (exact) mass is 226 g/mol. The highest BCUT2D eigenvalue weighted by Gasteiger charge is 2.27. The summed E-state index contributed by atoms with van der Waals surface area (Å²) in [7, 11) is 2.25. The lowest BCUT2D eigenvalue weighted by molar-refractivity contribution is 0.133. The van der Waals surface area contributed by atoms with Crippen molar-refractivity contribution in [2.75, 3.05) is 13.6 Å². The summed E-state index contributed by atoms with van der Waals surface area (Å²) in [5.74, 6) is 0.773. The summed E-state index contributed by atoms with van der Waals surface area (Å²) in [6.45, 7) is 10.5. The summed E-state index contributed by atoms with van der Waals surface area (Å²) in [6.07, 6.45) is 5.20. The van der Waals surface area contributed by atoms with Gasteiger partial charge < -0.3 is 10.6 Å². The Morgan fingerprint density at radius 2 is 1.94 bits per heavy atom. The van der Waals surface area contributed by atoms with Crippen molar-refractivity contribution in [2.45, 2.75) is 65.5 Å². The van der Waals surface area contributed by atoms with Crippen LogP contribution in [0, 0.1) is 11.3 Å². The molecule has 2 heteroatoms. The van der Waals surface area contributed by atoms with E-state index in [1.165, 1.54) is 32.2 Å². The molecule has 96 valence electrons. The quantitative estimate of drug-likeness (QED) is 0.798. The van der Waals surface area contributed by atoms with E-state index in [2.05, 4.69) is 39.6 Å². The molecule has 0 heterocycles. The molecule has 1 fully saturated rings. The maximum atomic E-state index is 6.11. The standard InChI is InChI=1S/C14H30N2/c1-11(14(2,3)4)16(5)10-9-12-7-6-8-13(12)15/h11-13H,6-10,15H2,1-5H3. The average Bonchev–Trinajstić information content (AvgIpc) is 2.58. The van der Waals surface area contributed by atoms with Crippen LogP contribution in [0.3, 0.4) is 0 Å². The third-order valence-electron chi connectivity index (χ3n) is 4.48. The van der Waals surface area contributed by atoms with Crippen molar-refractivity contribution in [3.8, 4) is 0 Å². The Morgan fingerprint density at radius 1 is 1.31 bits per heavy atom. The number of nitrogens with two attached hydrogens (primary N) is 1. The first-order valence-corrected chi connectivity index (χ1v) is 6.78. The summed E-state index contributed by atoms with van der Waals surface area (Å²) in [4.78, 5) is 2.49. The first kappa shape index (κ1) is 14.0. The van der Waals surface area contributed by atoms with Crippen molar-refractivity contribution in [1.29, 1.82) is 0 Å². The van der Waals surface area contributed by atoms with Gasteiger partial charge in [-0.25, -0.2) is 0 Å². The zero-order valence-corrected chi connectivity index (χ0v) is 11.8. The van der Waals surface area contributed by atoms with Crippen LogP contribution in [0.1, 0.15) is 53.4 Å². The van der Waals surface area contributed by atoms with Gasteiger partial charge >= 0.3 is 0 Å². The lowest BCUT2D eigenvalue weighted by Crippen LogP contribution is -2.40. The van der Waals surface area contributed by atoms with E-state index < -0.39 is 0 Å². The van der Waals surface area contributed by atoms with E-state index in [1.54, 1.807) is 0 Å². The summed E-state index contributed by atoms with van der Waals surface area (Å²) in [5, 5.41) is 0. The van der Waals surface area contributed by atoms with Gasteiger partial charge in [0, 0.05) is 12.1 Å². The summed E-state index contributed by atoms with van der Waals surface area (Å²) >= 11 is 0. The molecule has 2 nitrogen and oxygen atoms in total. The Balaban J connectivity index is 2.32. The van der Waals surface area contributed by atoms with Crippen LogP contribution in [0.15, 0.2) is 0 Å². The molecule has 0 aromatic carbocycles. The van der Waals surface area contributed by atoms with Crippen LogP contribution >= 0.6 is 0 Å². The number of hydrogen-bond acceptors (Lipinski definition) is 2. The van der Waals surface area contributed by atoms with Gasteiger partial charge in [-0.3, -0.25) is 0 Å². The van der Waals surface area contributed by atoms with Gasteiger partial charge in [-0.1, -0.05) is 27.2 Å². The maximum absolute atomic E-state index is 6.11. The molecule has 1 aliphatic rings. The number of rotatable bonds is 4. The fraction of sp³-hybridized carbons (Fsp3) is 1.00. The molecule has 3 unspecified atom stereocenters. The largest absolute Gasteiger partial charge is 0.327 e. The molecule has 0 aliphatic heterocycles. The normalized spacial score (nSPS) is 28.7. The SMILES string of the molecule is CC(N(C)CCC1CCCC1N)C(C)(C)C. The van der Waals surface area contributed by atoms with Crippen molar-refractivity contribution in [3.63, 3.8) is 0 Å². The lowest BCUT2D eigenvalue weighted by Gasteiger charge is -2.36. The van der Waals surface area contributed by atoms with Crippen LogP contribution in [-0.2, 0) is 0 Å². The third kappa shape index (κ3) is 3.74. The topological polar surface area (TPSA) is 29.3 Å². The minimum atomic E-state index is 0.368. The van der Waals surface area contributed by atoms with Gasteiger partial charge in [0.2, 0.25) is 0 Å². The first-order chi connectivity index (χ1) is 7.32. The Bertz CT molecular complexity index is 207. The molecule has 0 bridgehead atoms. The molecule has 1 saturated carbocycles. The lowest BCUT2D eigenvalue weighted by atomic mass is 9.87. The molecule has 16 heavy (non-hydrogen) atoms. The Morgan fingerprint density at radius 3 is 2.38 bits per heavy atom. The molecule has 1 rings (SSSR count). The second kappa shape index (κ2) is 5.50. The fourth-order valence-electron chi connectivity index (χ4n) is 2.65. The van der Waals surface area contributed by atoms with Gasteiger partial charge in [-0.15, -0.1) is 0 Å². The van der Waals surface area contributed by atoms with Crippen LogP contribution in [0.5, 0.6) is 0 Å². The number of nitrogens with zero attached hydrogens (tertiary/aromatic N) is 1. The van der Waals surface area contributed by atoms with E-state index >= 15 is 0 Å². The zero-order valence-electron chi connectivity index (χ0n) is 11.8. The second-order valence-electron chi connectivity index (χ2n) is 6.67. The Hall–Kier alpha value is -0.0800. The molecular formula is C14H30N2. The summed E-state index contributed by atoms with van der Waals surface area (Å²) < 4.78 is 0. The van der Waals surface area contributed by atoms with Crippen molar-refractivity contribution < 1.29 is 0 Å². The second-order valence-corrected chi connectivity index (χ2v) is 6.67. The van der Waals surface area contributed by atoms with Gasteiger partial charge in [-0.2, -0.15) is 0 Å². The van der Waals surface area contributed by atoms with Crippen molar-refractivity contribution >= 4 is 0 Å². The zero-order chi connectivity index (χ0) is 12.3. The maximum Gasteiger partial charge on any atom is 0.0112 e. The highest BCUT2D eigenvalue weighted by molar-refractivity contribution is 4.82. The fourth-order valence-corrected chi connectivity index (χ4v) is 2.65. The van der Waals surface area contributed by atoms with E-state index in [9.17, 15) is 0 Å². The van der Waals surface area contributed by atoms with Crippen LogP contribution in [0.25, 0.3) is 0 Å². The first-order valence-electron chi connectivity index (χ1n) is 6.78. The summed E-state index contributed by atoms with van der Waals surface area (Å²) in [5.41, 5.74) is 6.48. The molecule has 0 aromatic heterocycles. The molecule has 0 radical (unpaired) electrons. The molecule has 0 saturated heterocycles. The van der Waals surface area contributed by atoms with Gasteiger partial charge in [-0.05, 0) is 51.1 Å². The van der Waals surface area contributed by atoms with Crippen molar-refractivity contribution in [3.05, 3.63) is 0 Å². The van der Waals surface area contributed by atoms with Crippen LogP contribution in [0.2, 0.25) is 0 Å². The highest BCUT2D eigenvalue weighted by Crippen LogP contribution is 2.28. The minimum absolute atomic E-state index is 0.368. The molecule has 2 N–H and O–H groups in total. The molecule has 0 aromatic rings. The van der Waals surface area contributed by atoms with E-state index in [0.717, 1.165) is 5.92 Å². The van der Waals surface area contributed by atoms with Gasteiger partial charge in [0.15, 0.2) is 0 Å². The van der Waals surface area contributed by atoms with Crippen LogP contribution in [0.4, 0.5) is 0 Å². The highest BCUT2D eigenvalue weighted by atomic mass is 15.1. The van der Waals surface area contributed by atoms with Gasteiger partial charge in [0.1, 0.15) is 0 Å². The molecule has 0 spiro atoms. The third-order valence-corrected chi connectivity index (χ3v) is 4.48. The average molecular weight is 226 g/mol. The molecule has 3 atom stereocenters. The predicted octanol–water partition coefficient (Wildman–Crippen LogP) is 2.87. The van der Waals surface area contributed by atoms with Gasteiger partial charge in [0.25, 0.3) is 0 Å². The van der Waals surface area contributed by atoms with E-state index in [0.29, 0.717) is 17.5 Å². The van der Waals surface area contributed by atoms with E-state index in [-0.39, 0.29) is 0 Å². The van der Waals surface area contributed by atoms with Crippen LogP contribution < -0.4 is 5.73 Å². The minimum Gasteiger partial charge on any atom is -0.327 e. The van der Waals surface area contributed by atoms with Crippen molar-refractivity contribution in [1.82, 2.24) is 4.90 Å². The van der Waals surface area contributed by atoms with E-state index in [4.69, 9.17) is 5.73 Å². The number of hydrogen-bond donors (Lipinski definition) is 1. The van der Waals surface area contributed by atoms with Crippen LogP contribution in [-0.4, -0.2) is 30.6 Å².